The molecule has 2 aromatic carbocycles. The van der Waals surface area contributed by atoms with Crippen LogP contribution in [0.5, 0.6) is 5.75 Å². The summed E-state index contributed by atoms with van der Waals surface area (Å²) in [5, 5.41) is 0.708. The number of methoxy groups -OCH3 is 1. The van der Waals surface area contributed by atoms with Crippen LogP contribution < -0.4 is 9.46 Å². The van der Waals surface area contributed by atoms with Gasteiger partial charge in [-0.2, -0.15) is 0 Å². The molecule has 37 heavy (non-hydrogen) atoms. The van der Waals surface area contributed by atoms with E-state index in [2.05, 4.69) is 9.71 Å². The number of pyridine rings is 1. The zero-order valence-electron chi connectivity index (χ0n) is 20.4. The van der Waals surface area contributed by atoms with Crippen molar-refractivity contribution in [3.8, 4) is 5.75 Å². The number of para-hydroxylation sites is 1. The number of anilines is 1. The standard InChI is InChI=1S/C26H28N4O6S/c1-35-22-16-20(28-37(33,34)23-6-2-4-19-5-3-11-27-24(19)23)9-10-21(22)25(31)29-12-14-30(15-13-29)26(32)36-17-18-7-8-18/h2-6,9-11,16,18,28H,7-8,12-15,17H2,1H3. The molecule has 1 aliphatic carbocycles. The Labute approximate surface area is 215 Å². The maximum Gasteiger partial charge on any atom is 0.409 e. The zero-order valence-corrected chi connectivity index (χ0v) is 21.2. The van der Waals surface area contributed by atoms with Gasteiger partial charge in [0.05, 0.1) is 30.5 Å². The zero-order chi connectivity index (χ0) is 26.0. The molecule has 1 aromatic heterocycles. The molecule has 1 saturated carbocycles. The first-order valence-electron chi connectivity index (χ1n) is 12.1. The van der Waals surface area contributed by atoms with E-state index in [0.717, 1.165) is 12.8 Å². The lowest BCUT2D eigenvalue weighted by molar-refractivity contribution is 0.0548. The van der Waals surface area contributed by atoms with Crippen LogP contribution in [0, 0.1) is 5.92 Å². The first kappa shape index (κ1) is 24.8. The van der Waals surface area contributed by atoms with Gasteiger partial charge in [-0.3, -0.25) is 14.5 Å². The lowest BCUT2D eigenvalue weighted by Crippen LogP contribution is -2.50. The van der Waals surface area contributed by atoms with Gasteiger partial charge in [0.1, 0.15) is 10.6 Å². The Morgan fingerprint density at radius 2 is 1.76 bits per heavy atom. The van der Waals surface area contributed by atoms with E-state index in [9.17, 15) is 18.0 Å². The number of aromatic nitrogens is 1. The van der Waals surface area contributed by atoms with E-state index >= 15 is 0 Å². The third kappa shape index (κ3) is 5.46. The molecule has 2 fully saturated rings. The number of ether oxygens (including phenoxy) is 2. The molecular formula is C26H28N4O6S. The SMILES string of the molecule is COc1cc(NS(=O)(=O)c2cccc3cccnc23)ccc1C(=O)N1CCN(C(=O)OCC2CC2)CC1. The molecular weight excluding hydrogens is 496 g/mol. The first-order chi connectivity index (χ1) is 17.9. The summed E-state index contributed by atoms with van der Waals surface area (Å²) in [4.78, 5) is 33.0. The van der Waals surface area contributed by atoms with Crippen molar-refractivity contribution in [2.24, 2.45) is 5.92 Å². The molecule has 11 heteroatoms. The summed E-state index contributed by atoms with van der Waals surface area (Å²) in [5.74, 6) is 0.485. The van der Waals surface area contributed by atoms with Crippen LogP contribution in [0.25, 0.3) is 10.9 Å². The first-order valence-corrected chi connectivity index (χ1v) is 13.6. The highest BCUT2D eigenvalue weighted by atomic mass is 32.2. The average Bonchev–Trinajstić information content (AvgIpc) is 3.75. The van der Waals surface area contributed by atoms with E-state index in [-0.39, 0.29) is 28.3 Å². The van der Waals surface area contributed by atoms with E-state index in [4.69, 9.17) is 9.47 Å². The number of benzene rings is 2. The van der Waals surface area contributed by atoms with Crippen molar-refractivity contribution >= 4 is 38.6 Å². The molecule has 1 N–H and O–H groups in total. The second-order valence-electron chi connectivity index (χ2n) is 9.15. The highest BCUT2D eigenvalue weighted by Crippen LogP contribution is 2.30. The number of fused-ring (bicyclic) bond motifs is 1. The number of sulfonamides is 1. The van der Waals surface area contributed by atoms with Crippen molar-refractivity contribution in [2.45, 2.75) is 17.7 Å². The van der Waals surface area contributed by atoms with Crippen LogP contribution in [0.1, 0.15) is 23.2 Å². The minimum atomic E-state index is -3.95. The van der Waals surface area contributed by atoms with Gasteiger partial charge in [-0.25, -0.2) is 13.2 Å². The average molecular weight is 525 g/mol. The predicted octanol–water partition coefficient (Wildman–Crippen LogP) is 3.35. The fourth-order valence-corrected chi connectivity index (χ4v) is 5.49. The normalized spacial score (nSPS) is 15.9. The van der Waals surface area contributed by atoms with E-state index in [1.165, 1.54) is 31.4 Å². The second-order valence-corrected chi connectivity index (χ2v) is 10.8. The number of nitrogens with zero attached hydrogens (tertiary/aromatic N) is 3. The smallest absolute Gasteiger partial charge is 0.409 e. The van der Waals surface area contributed by atoms with Crippen LogP contribution in [0.15, 0.2) is 59.6 Å². The van der Waals surface area contributed by atoms with Gasteiger partial charge in [0.2, 0.25) is 0 Å². The Morgan fingerprint density at radius 3 is 2.49 bits per heavy atom. The topological polar surface area (TPSA) is 118 Å². The highest BCUT2D eigenvalue weighted by Gasteiger charge is 2.29. The number of carbonyl (C=O) groups excluding carboxylic acids is 2. The van der Waals surface area contributed by atoms with Crippen molar-refractivity contribution in [1.29, 1.82) is 0 Å². The molecule has 5 rings (SSSR count). The van der Waals surface area contributed by atoms with Crippen molar-refractivity contribution < 1.29 is 27.5 Å². The molecule has 0 bridgehead atoms. The Balaban J connectivity index is 1.27. The maximum absolute atomic E-state index is 13.2. The summed E-state index contributed by atoms with van der Waals surface area (Å²) < 4.78 is 39.6. The van der Waals surface area contributed by atoms with Crippen LogP contribution in [0.3, 0.4) is 0 Å². The van der Waals surface area contributed by atoms with Crippen LogP contribution in [-0.4, -0.2) is 75.1 Å². The lowest BCUT2D eigenvalue weighted by atomic mass is 10.1. The van der Waals surface area contributed by atoms with E-state index in [1.54, 1.807) is 40.3 Å². The van der Waals surface area contributed by atoms with E-state index in [0.29, 0.717) is 55.2 Å². The number of carbonyl (C=O) groups is 2. The van der Waals surface area contributed by atoms with Gasteiger partial charge < -0.3 is 19.3 Å². The van der Waals surface area contributed by atoms with Gasteiger partial charge in [0.15, 0.2) is 0 Å². The van der Waals surface area contributed by atoms with Crippen molar-refractivity contribution in [3.63, 3.8) is 0 Å². The molecule has 0 atom stereocenters. The van der Waals surface area contributed by atoms with Gasteiger partial charge in [-0.15, -0.1) is 0 Å². The Kier molecular flexibility index (Phi) is 6.88. The summed E-state index contributed by atoms with van der Waals surface area (Å²) in [6.45, 7) is 1.96. The third-order valence-corrected chi connectivity index (χ3v) is 7.95. The Hall–Kier alpha value is -3.86. The van der Waals surface area contributed by atoms with Crippen LogP contribution >= 0.6 is 0 Å². The number of amides is 2. The number of hydrogen-bond acceptors (Lipinski definition) is 7. The molecule has 2 heterocycles. The minimum Gasteiger partial charge on any atom is -0.496 e. The van der Waals surface area contributed by atoms with Crippen LogP contribution in [-0.2, 0) is 14.8 Å². The molecule has 1 saturated heterocycles. The summed E-state index contributed by atoms with van der Waals surface area (Å²) in [6.07, 6.45) is 3.42. The van der Waals surface area contributed by atoms with Gasteiger partial charge >= 0.3 is 6.09 Å². The number of piperazine rings is 1. The van der Waals surface area contributed by atoms with E-state index in [1.807, 2.05) is 0 Å². The fraction of sp³-hybridized carbons (Fsp3) is 0.346. The number of hydrogen-bond donors (Lipinski definition) is 1. The third-order valence-electron chi connectivity index (χ3n) is 6.53. The minimum absolute atomic E-state index is 0.0539. The molecule has 0 spiro atoms. The molecule has 2 aliphatic rings. The Morgan fingerprint density at radius 1 is 1.03 bits per heavy atom. The van der Waals surface area contributed by atoms with Gasteiger partial charge in [-0.05, 0) is 43.0 Å². The van der Waals surface area contributed by atoms with Gasteiger partial charge in [-0.1, -0.05) is 18.2 Å². The summed E-state index contributed by atoms with van der Waals surface area (Å²) in [6, 6.07) is 13.0. The number of rotatable bonds is 7. The van der Waals surface area contributed by atoms with Crippen molar-refractivity contribution in [1.82, 2.24) is 14.8 Å². The molecule has 194 valence electrons. The summed E-state index contributed by atoms with van der Waals surface area (Å²) in [7, 11) is -2.53. The molecule has 1 aliphatic heterocycles. The highest BCUT2D eigenvalue weighted by molar-refractivity contribution is 7.93. The quantitative estimate of drug-likeness (QED) is 0.504. The lowest BCUT2D eigenvalue weighted by Gasteiger charge is -2.34. The number of nitrogens with one attached hydrogen (secondary N) is 1. The molecule has 10 nitrogen and oxygen atoms in total. The molecule has 2 amide bonds. The summed E-state index contributed by atoms with van der Waals surface area (Å²) >= 11 is 0. The monoisotopic (exact) mass is 524 g/mol. The predicted molar refractivity (Wildman–Crippen MR) is 137 cm³/mol. The summed E-state index contributed by atoms with van der Waals surface area (Å²) in [5.41, 5.74) is 0.929. The van der Waals surface area contributed by atoms with Gasteiger partial charge in [0.25, 0.3) is 15.9 Å². The van der Waals surface area contributed by atoms with Crippen molar-refractivity contribution in [2.75, 3.05) is 44.6 Å². The molecule has 0 unspecified atom stereocenters. The fourth-order valence-electron chi connectivity index (χ4n) is 4.26. The largest absolute Gasteiger partial charge is 0.496 e. The van der Waals surface area contributed by atoms with Crippen LogP contribution in [0.2, 0.25) is 0 Å². The van der Waals surface area contributed by atoms with Gasteiger partial charge in [0, 0.05) is 43.8 Å². The molecule has 3 aromatic rings. The van der Waals surface area contributed by atoms with Crippen LogP contribution in [0.4, 0.5) is 10.5 Å². The van der Waals surface area contributed by atoms with E-state index < -0.39 is 10.0 Å². The maximum atomic E-state index is 13.2. The molecule has 0 radical (unpaired) electrons. The van der Waals surface area contributed by atoms with Crippen molar-refractivity contribution in [3.05, 3.63) is 60.3 Å². The Bertz CT molecular complexity index is 1430. The second kappa shape index (κ2) is 10.3.